The normalized spacial score (nSPS) is 15.7. The molecule has 1 aromatic heterocycles. The molecule has 1 aromatic carbocycles. The highest BCUT2D eigenvalue weighted by Crippen LogP contribution is 2.32. The van der Waals surface area contributed by atoms with Crippen LogP contribution in [0.3, 0.4) is 0 Å². The number of hydrogen-bond acceptors (Lipinski definition) is 6. The van der Waals surface area contributed by atoms with E-state index in [4.69, 9.17) is 16.6 Å². The number of rotatable bonds is 6. The van der Waals surface area contributed by atoms with E-state index in [0.717, 1.165) is 0 Å². The first kappa shape index (κ1) is 18.2. The highest BCUT2D eigenvalue weighted by molar-refractivity contribution is 8.26. The predicted octanol–water partition coefficient (Wildman–Crippen LogP) is 3.61. The molecule has 1 aliphatic heterocycles. The third-order valence-electron chi connectivity index (χ3n) is 3.65. The molecule has 3 rings (SSSR count). The maximum absolute atomic E-state index is 12.4. The van der Waals surface area contributed by atoms with Crippen LogP contribution in [0.1, 0.15) is 18.6 Å². The van der Waals surface area contributed by atoms with E-state index in [2.05, 4.69) is 5.32 Å². The molecule has 2 amide bonds. The van der Waals surface area contributed by atoms with Crippen molar-refractivity contribution in [2.24, 2.45) is 0 Å². The highest BCUT2D eigenvalue weighted by atomic mass is 32.2. The number of phenols is 1. The minimum Gasteiger partial charge on any atom is -0.506 e. The van der Waals surface area contributed by atoms with Crippen LogP contribution in [-0.4, -0.2) is 32.7 Å². The second-order valence-electron chi connectivity index (χ2n) is 5.52. The van der Waals surface area contributed by atoms with E-state index in [1.165, 1.54) is 29.0 Å². The van der Waals surface area contributed by atoms with Crippen molar-refractivity contribution in [3.63, 3.8) is 0 Å². The Labute approximate surface area is 159 Å². The zero-order valence-corrected chi connectivity index (χ0v) is 15.3. The molecule has 1 fully saturated rings. The Hall–Kier alpha value is -2.58. The van der Waals surface area contributed by atoms with Gasteiger partial charge in [0.15, 0.2) is 0 Å². The Balaban J connectivity index is 1.52. The van der Waals surface area contributed by atoms with Gasteiger partial charge in [0.1, 0.15) is 15.8 Å². The molecule has 6 nitrogen and oxygen atoms in total. The first-order valence-corrected chi connectivity index (χ1v) is 9.14. The Bertz CT molecular complexity index is 862. The molecule has 0 atom stereocenters. The summed E-state index contributed by atoms with van der Waals surface area (Å²) in [5.41, 5.74) is 0.365. The summed E-state index contributed by atoms with van der Waals surface area (Å²) in [4.78, 5) is 26.4. The SMILES string of the molecule is O=C(CCCN1C(=O)/C(=C\c2ccco2)SC1=S)Nc1ccccc1O. The average molecular weight is 388 g/mol. The minimum atomic E-state index is -0.233. The maximum Gasteiger partial charge on any atom is 0.266 e. The van der Waals surface area contributed by atoms with Crippen LogP contribution in [0.5, 0.6) is 5.75 Å². The molecule has 0 unspecified atom stereocenters. The van der Waals surface area contributed by atoms with E-state index in [1.54, 1.807) is 36.4 Å². The van der Waals surface area contributed by atoms with Gasteiger partial charge in [-0.2, -0.15) is 0 Å². The number of aromatic hydroxyl groups is 1. The smallest absolute Gasteiger partial charge is 0.266 e. The number of hydrogen-bond donors (Lipinski definition) is 2. The number of carbonyl (C=O) groups excluding carboxylic acids is 2. The van der Waals surface area contributed by atoms with Crippen molar-refractivity contribution in [2.45, 2.75) is 12.8 Å². The topological polar surface area (TPSA) is 82.8 Å². The summed E-state index contributed by atoms with van der Waals surface area (Å²) in [6.07, 6.45) is 3.86. The molecular formula is C18H16N2O4S2. The standard InChI is InChI=1S/C18H16N2O4S2/c21-14-7-2-1-6-13(14)19-16(22)8-3-9-20-17(23)15(26-18(20)25)11-12-5-4-10-24-12/h1-2,4-7,10-11,21H,3,8-9H2,(H,19,22)/b15-11+. The van der Waals surface area contributed by atoms with Gasteiger partial charge < -0.3 is 14.8 Å². The average Bonchev–Trinajstić information content (AvgIpc) is 3.21. The lowest BCUT2D eigenvalue weighted by Gasteiger charge is -2.14. The molecule has 0 radical (unpaired) electrons. The second-order valence-corrected chi connectivity index (χ2v) is 7.19. The maximum atomic E-state index is 12.4. The van der Waals surface area contributed by atoms with Gasteiger partial charge in [-0.05, 0) is 30.7 Å². The lowest BCUT2D eigenvalue weighted by molar-refractivity contribution is -0.122. The van der Waals surface area contributed by atoms with E-state index in [9.17, 15) is 14.7 Å². The number of nitrogens with zero attached hydrogens (tertiary/aromatic N) is 1. The quantitative estimate of drug-likeness (QED) is 0.447. The summed E-state index contributed by atoms with van der Waals surface area (Å²) in [6, 6.07) is 10.0. The van der Waals surface area contributed by atoms with Crippen molar-refractivity contribution >= 4 is 51.9 Å². The number of benzene rings is 1. The predicted molar refractivity (Wildman–Crippen MR) is 105 cm³/mol. The Kier molecular flexibility index (Phi) is 5.75. The number of anilines is 1. The van der Waals surface area contributed by atoms with Gasteiger partial charge in [-0.3, -0.25) is 14.5 Å². The van der Waals surface area contributed by atoms with Gasteiger partial charge in [-0.15, -0.1) is 0 Å². The number of phenolic OH excluding ortho intramolecular Hbond substituents is 1. The molecule has 2 heterocycles. The summed E-state index contributed by atoms with van der Waals surface area (Å²) < 4.78 is 5.68. The van der Waals surface area contributed by atoms with Gasteiger partial charge in [0.2, 0.25) is 5.91 Å². The van der Waals surface area contributed by atoms with Gasteiger partial charge in [-0.25, -0.2) is 0 Å². The minimum absolute atomic E-state index is 0.0147. The fraction of sp³-hybridized carbons (Fsp3) is 0.167. The van der Waals surface area contributed by atoms with E-state index in [0.29, 0.717) is 33.6 Å². The molecule has 0 spiro atoms. The van der Waals surface area contributed by atoms with Crippen LogP contribution in [0, 0.1) is 0 Å². The molecule has 0 saturated carbocycles. The molecule has 8 heteroatoms. The van der Waals surface area contributed by atoms with Crippen molar-refractivity contribution in [2.75, 3.05) is 11.9 Å². The largest absolute Gasteiger partial charge is 0.506 e. The molecule has 2 N–H and O–H groups in total. The number of nitrogens with one attached hydrogen (secondary N) is 1. The van der Waals surface area contributed by atoms with E-state index in [-0.39, 0.29) is 24.0 Å². The summed E-state index contributed by atoms with van der Waals surface area (Å²) in [6.45, 7) is 0.356. The third-order valence-corrected chi connectivity index (χ3v) is 5.03. The van der Waals surface area contributed by atoms with Crippen molar-refractivity contribution in [1.82, 2.24) is 4.90 Å². The molecule has 26 heavy (non-hydrogen) atoms. The first-order valence-electron chi connectivity index (χ1n) is 7.91. The van der Waals surface area contributed by atoms with Crippen LogP contribution in [0.15, 0.2) is 52.0 Å². The molecule has 0 bridgehead atoms. The van der Waals surface area contributed by atoms with Gasteiger partial charge in [-0.1, -0.05) is 36.1 Å². The van der Waals surface area contributed by atoms with Gasteiger partial charge >= 0.3 is 0 Å². The van der Waals surface area contributed by atoms with Crippen molar-refractivity contribution in [3.8, 4) is 5.75 Å². The fourth-order valence-electron chi connectivity index (χ4n) is 2.39. The molecular weight excluding hydrogens is 372 g/mol. The van der Waals surface area contributed by atoms with Crippen molar-refractivity contribution < 1.29 is 19.1 Å². The first-order chi connectivity index (χ1) is 12.5. The molecule has 2 aromatic rings. The second kappa shape index (κ2) is 8.20. The summed E-state index contributed by atoms with van der Waals surface area (Å²) in [5, 5.41) is 12.3. The van der Waals surface area contributed by atoms with Crippen LogP contribution >= 0.6 is 24.0 Å². The number of thioether (sulfide) groups is 1. The zero-order valence-electron chi connectivity index (χ0n) is 13.7. The zero-order chi connectivity index (χ0) is 18.5. The Morgan fingerprint density at radius 2 is 2.12 bits per heavy atom. The van der Waals surface area contributed by atoms with E-state index >= 15 is 0 Å². The molecule has 134 valence electrons. The van der Waals surface area contributed by atoms with Crippen molar-refractivity contribution in [1.29, 1.82) is 0 Å². The Morgan fingerprint density at radius 1 is 1.31 bits per heavy atom. The van der Waals surface area contributed by atoms with Gasteiger partial charge in [0.05, 0.1) is 16.9 Å². The number of furan rings is 1. The van der Waals surface area contributed by atoms with Crippen LogP contribution in [-0.2, 0) is 9.59 Å². The third kappa shape index (κ3) is 4.33. The number of amides is 2. The number of para-hydroxylation sites is 2. The van der Waals surface area contributed by atoms with E-state index in [1.807, 2.05) is 0 Å². The molecule has 1 saturated heterocycles. The van der Waals surface area contributed by atoms with Crippen LogP contribution < -0.4 is 5.32 Å². The molecule has 1 aliphatic rings. The summed E-state index contributed by atoms with van der Waals surface area (Å²) in [7, 11) is 0. The number of carbonyl (C=O) groups is 2. The Morgan fingerprint density at radius 3 is 2.85 bits per heavy atom. The van der Waals surface area contributed by atoms with Crippen molar-refractivity contribution in [3.05, 3.63) is 53.3 Å². The monoisotopic (exact) mass is 388 g/mol. The van der Waals surface area contributed by atoms with Gasteiger partial charge in [0, 0.05) is 19.0 Å². The van der Waals surface area contributed by atoms with E-state index < -0.39 is 0 Å². The molecule has 0 aliphatic carbocycles. The van der Waals surface area contributed by atoms with Crippen LogP contribution in [0.25, 0.3) is 6.08 Å². The van der Waals surface area contributed by atoms with Crippen LogP contribution in [0.2, 0.25) is 0 Å². The summed E-state index contributed by atoms with van der Waals surface area (Å²) >= 11 is 6.47. The lowest BCUT2D eigenvalue weighted by atomic mass is 10.2. The fourth-order valence-corrected chi connectivity index (χ4v) is 3.67. The summed E-state index contributed by atoms with van der Waals surface area (Å²) in [5.74, 6) is 0.189. The van der Waals surface area contributed by atoms with Crippen LogP contribution in [0.4, 0.5) is 5.69 Å². The van der Waals surface area contributed by atoms with Gasteiger partial charge in [0.25, 0.3) is 5.91 Å². The highest BCUT2D eigenvalue weighted by Gasteiger charge is 2.31. The number of thiocarbonyl (C=S) groups is 1. The lowest BCUT2D eigenvalue weighted by Crippen LogP contribution is -2.29.